The maximum absolute atomic E-state index is 11.9. The van der Waals surface area contributed by atoms with Crippen LogP contribution in [0.4, 0.5) is 10.5 Å². The fourth-order valence-corrected chi connectivity index (χ4v) is 1.79. The van der Waals surface area contributed by atoms with E-state index >= 15 is 0 Å². The zero-order valence-electron chi connectivity index (χ0n) is 13.5. The van der Waals surface area contributed by atoms with Crippen molar-refractivity contribution in [3.05, 3.63) is 65.7 Å². The lowest BCUT2D eigenvalue weighted by molar-refractivity contribution is 0.0580. The third-order valence-electron chi connectivity index (χ3n) is 2.86. The van der Waals surface area contributed by atoms with Crippen LogP contribution in [0.5, 0.6) is 0 Å². The summed E-state index contributed by atoms with van der Waals surface area (Å²) in [5.74, 6) is 11.9. The van der Waals surface area contributed by atoms with Crippen molar-refractivity contribution in [1.29, 1.82) is 0 Å². The summed E-state index contributed by atoms with van der Waals surface area (Å²) in [6.45, 7) is 5.38. The largest absolute Gasteiger partial charge is 0.442 e. The molecule has 4 nitrogen and oxygen atoms in total. The van der Waals surface area contributed by atoms with Gasteiger partial charge in [-0.15, -0.1) is 0 Å². The van der Waals surface area contributed by atoms with Crippen molar-refractivity contribution in [3.8, 4) is 11.8 Å². The molecule has 0 atom stereocenters. The van der Waals surface area contributed by atoms with Crippen LogP contribution in [0.1, 0.15) is 31.9 Å². The number of rotatable bonds is 1. The maximum atomic E-state index is 11.9. The third kappa shape index (κ3) is 5.17. The highest BCUT2D eigenvalue weighted by molar-refractivity contribution is 5.86. The van der Waals surface area contributed by atoms with Gasteiger partial charge in [0, 0.05) is 11.1 Å². The Morgan fingerprint density at radius 3 is 2.00 bits per heavy atom. The Bertz CT molecular complexity index is 720. The van der Waals surface area contributed by atoms with E-state index in [0.717, 1.165) is 16.1 Å². The van der Waals surface area contributed by atoms with Gasteiger partial charge in [-0.1, -0.05) is 30.0 Å². The number of nitrogens with two attached hydrogens (primary N) is 1. The van der Waals surface area contributed by atoms with Crippen molar-refractivity contribution in [2.45, 2.75) is 26.4 Å². The highest BCUT2D eigenvalue weighted by Crippen LogP contribution is 2.16. The summed E-state index contributed by atoms with van der Waals surface area (Å²) in [5, 5.41) is 0.986. The molecule has 23 heavy (non-hydrogen) atoms. The standard InChI is InChI=1S/C19H20N2O2/c1-19(2,3)23-18(22)21(20)17-13-11-16(12-14-17)10-9-15-7-5-4-6-8-15/h4-8,11-14H,20H2,1-3H3. The smallest absolute Gasteiger partial charge is 0.429 e. The van der Waals surface area contributed by atoms with Crippen molar-refractivity contribution in [2.75, 3.05) is 5.01 Å². The average Bonchev–Trinajstić information content (AvgIpc) is 2.52. The van der Waals surface area contributed by atoms with E-state index in [1.807, 2.05) is 42.5 Å². The SMILES string of the molecule is CC(C)(C)OC(=O)N(N)c1ccc(C#Cc2ccccc2)cc1. The number of carbonyl (C=O) groups is 1. The summed E-state index contributed by atoms with van der Waals surface area (Å²) in [5.41, 5.74) is 1.75. The van der Waals surface area contributed by atoms with Crippen LogP contribution >= 0.6 is 0 Å². The number of anilines is 1. The number of benzene rings is 2. The first-order valence-corrected chi connectivity index (χ1v) is 7.30. The zero-order chi connectivity index (χ0) is 16.9. The van der Waals surface area contributed by atoms with E-state index in [2.05, 4.69) is 11.8 Å². The number of hydrazine groups is 1. The van der Waals surface area contributed by atoms with Gasteiger partial charge < -0.3 is 4.74 Å². The molecule has 0 saturated carbocycles. The quantitative estimate of drug-likeness (QED) is 0.378. The minimum Gasteiger partial charge on any atom is -0.442 e. The number of hydrogen-bond donors (Lipinski definition) is 1. The molecular formula is C19H20N2O2. The molecule has 1 amide bonds. The van der Waals surface area contributed by atoms with Gasteiger partial charge in [0.1, 0.15) is 5.60 Å². The predicted octanol–water partition coefficient (Wildman–Crippen LogP) is 3.70. The van der Waals surface area contributed by atoms with Gasteiger partial charge >= 0.3 is 6.09 Å². The molecule has 118 valence electrons. The van der Waals surface area contributed by atoms with Crippen LogP contribution in [0.25, 0.3) is 0 Å². The summed E-state index contributed by atoms with van der Waals surface area (Å²) in [7, 11) is 0. The van der Waals surface area contributed by atoms with E-state index in [9.17, 15) is 4.79 Å². The first kappa shape index (κ1) is 16.6. The van der Waals surface area contributed by atoms with Crippen LogP contribution in [-0.2, 0) is 4.74 Å². The minimum atomic E-state index is -0.597. The van der Waals surface area contributed by atoms with Crippen molar-refractivity contribution in [1.82, 2.24) is 0 Å². The van der Waals surface area contributed by atoms with E-state index < -0.39 is 11.7 Å². The molecule has 2 aromatic rings. The molecular weight excluding hydrogens is 288 g/mol. The van der Waals surface area contributed by atoms with Gasteiger partial charge in [-0.2, -0.15) is 0 Å². The first-order valence-electron chi connectivity index (χ1n) is 7.30. The number of hydrogen-bond acceptors (Lipinski definition) is 3. The van der Waals surface area contributed by atoms with E-state index in [0.29, 0.717) is 5.69 Å². The molecule has 4 heteroatoms. The number of amides is 1. The molecule has 0 aliphatic heterocycles. The zero-order valence-corrected chi connectivity index (χ0v) is 13.5. The van der Waals surface area contributed by atoms with Crippen molar-refractivity contribution < 1.29 is 9.53 Å². The highest BCUT2D eigenvalue weighted by atomic mass is 16.6. The first-order chi connectivity index (χ1) is 10.8. The average molecular weight is 308 g/mol. The van der Waals surface area contributed by atoms with Crippen LogP contribution in [-0.4, -0.2) is 11.7 Å². The van der Waals surface area contributed by atoms with Gasteiger partial charge in [0.2, 0.25) is 0 Å². The van der Waals surface area contributed by atoms with Gasteiger partial charge in [-0.05, 0) is 57.2 Å². The Morgan fingerprint density at radius 1 is 0.957 bits per heavy atom. The van der Waals surface area contributed by atoms with E-state index in [1.54, 1.807) is 32.9 Å². The van der Waals surface area contributed by atoms with Gasteiger partial charge in [-0.25, -0.2) is 15.6 Å². The lowest BCUT2D eigenvalue weighted by atomic mass is 10.1. The van der Waals surface area contributed by atoms with Crippen LogP contribution in [0.15, 0.2) is 54.6 Å². The highest BCUT2D eigenvalue weighted by Gasteiger charge is 2.20. The van der Waals surface area contributed by atoms with Crippen LogP contribution < -0.4 is 10.9 Å². The van der Waals surface area contributed by atoms with E-state index in [1.165, 1.54) is 0 Å². The molecule has 2 aromatic carbocycles. The maximum Gasteiger partial charge on any atom is 0.429 e. The molecule has 0 heterocycles. The molecule has 2 N–H and O–H groups in total. The molecule has 0 aliphatic rings. The Kier molecular flexibility index (Phi) is 5.05. The molecule has 0 radical (unpaired) electrons. The number of carbonyl (C=O) groups excluding carboxylic acids is 1. The topological polar surface area (TPSA) is 55.6 Å². The van der Waals surface area contributed by atoms with Gasteiger partial charge in [0.25, 0.3) is 0 Å². The molecule has 0 spiro atoms. The second-order valence-electron chi connectivity index (χ2n) is 6.01. The molecule has 0 fully saturated rings. The van der Waals surface area contributed by atoms with E-state index in [4.69, 9.17) is 10.6 Å². The number of nitrogens with zero attached hydrogens (tertiary/aromatic N) is 1. The van der Waals surface area contributed by atoms with Crippen LogP contribution in [0.2, 0.25) is 0 Å². The number of ether oxygens (including phenoxy) is 1. The van der Waals surface area contributed by atoms with Crippen LogP contribution in [0, 0.1) is 11.8 Å². The third-order valence-corrected chi connectivity index (χ3v) is 2.86. The minimum absolute atomic E-state index is 0.546. The summed E-state index contributed by atoms with van der Waals surface area (Å²) >= 11 is 0. The predicted molar refractivity (Wildman–Crippen MR) is 91.8 cm³/mol. The fourth-order valence-electron chi connectivity index (χ4n) is 1.79. The Hall–Kier alpha value is -2.77. The molecule has 2 rings (SSSR count). The summed E-state index contributed by atoms with van der Waals surface area (Å²) in [4.78, 5) is 11.9. The van der Waals surface area contributed by atoms with Crippen molar-refractivity contribution in [2.24, 2.45) is 5.84 Å². The molecule has 0 bridgehead atoms. The van der Waals surface area contributed by atoms with Crippen molar-refractivity contribution >= 4 is 11.8 Å². The van der Waals surface area contributed by atoms with Crippen LogP contribution in [0.3, 0.4) is 0 Å². The van der Waals surface area contributed by atoms with Gasteiger partial charge in [-0.3, -0.25) is 0 Å². The summed E-state index contributed by atoms with van der Waals surface area (Å²) in [6.07, 6.45) is -0.597. The lowest BCUT2D eigenvalue weighted by Gasteiger charge is -2.24. The summed E-state index contributed by atoms with van der Waals surface area (Å²) in [6, 6.07) is 16.8. The second-order valence-corrected chi connectivity index (χ2v) is 6.01. The normalized spacial score (nSPS) is 10.4. The molecule has 0 unspecified atom stereocenters. The fraction of sp³-hybridized carbons (Fsp3) is 0.211. The lowest BCUT2D eigenvalue weighted by Crippen LogP contribution is -2.41. The summed E-state index contributed by atoms with van der Waals surface area (Å²) < 4.78 is 5.22. The molecule has 0 aliphatic carbocycles. The Balaban J connectivity index is 2.08. The van der Waals surface area contributed by atoms with Gasteiger partial charge in [0.15, 0.2) is 0 Å². The monoisotopic (exact) mass is 308 g/mol. The second kappa shape index (κ2) is 6.99. The molecule has 0 aromatic heterocycles. The van der Waals surface area contributed by atoms with E-state index in [-0.39, 0.29) is 0 Å². The molecule has 0 saturated heterocycles. The Morgan fingerprint density at radius 2 is 1.48 bits per heavy atom. The Labute approximate surface area is 136 Å². The van der Waals surface area contributed by atoms with Crippen molar-refractivity contribution in [3.63, 3.8) is 0 Å². The van der Waals surface area contributed by atoms with Gasteiger partial charge in [0.05, 0.1) is 5.69 Å².